The molecule has 0 unspecified atom stereocenters. The highest BCUT2D eigenvalue weighted by atomic mass is 16.4. The van der Waals surface area contributed by atoms with E-state index >= 15 is 0 Å². The van der Waals surface area contributed by atoms with E-state index in [0.717, 1.165) is 25.9 Å². The third-order valence-electron chi connectivity index (χ3n) is 3.77. The lowest BCUT2D eigenvalue weighted by Crippen LogP contribution is -2.36. The summed E-state index contributed by atoms with van der Waals surface area (Å²) < 4.78 is 0. The largest absolute Gasteiger partial charge is 0.480 e. The van der Waals surface area contributed by atoms with Gasteiger partial charge < -0.3 is 10.0 Å². The molecule has 1 N–H and O–H groups in total. The highest BCUT2D eigenvalue weighted by Crippen LogP contribution is 2.08. The highest BCUT2D eigenvalue weighted by molar-refractivity contribution is 5.76. The number of nitrogens with zero attached hydrogens (tertiary/aromatic N) is 2. The van der Waals surface area contributed by atoms with Crippen molar-refractivity contribution in [1.82, 2.24) is 9.80 Å². The molecule has 1 heterocycles. The molecule has 5 heteroatoms. The van der Waals surface area contributed by atoms with Crippen LogP contribution in [-0.2, 0) is 16.0 Å². The molecule has 1 aliphatic heterocycles. The normalized spacial score (nSPS) is 16.5. The van der Waals surface area contributed by atoms with Gasteiger partial charge in [0.15, 0.2) is 0 Å². The number of hydrogen-bond acceptors (Lipinski definition) is 3. The zero-order valence-corrected chi connectivity index (χ0v) is 12.2. The maximum absolute atomic E-state index is 12.2. The molecule has 1 aromatic rings. The van der Waals surface area contributed by atoms with E-state index < -0.39 is 5.97 Å². The Bertz CT molecular complexity index is 476. The third kappa shape index (κ3) is 5.19. The second-order valence-electron chi connectivity index (χ2n) is 5.39. The minimum Gasteiger partial charge on any atom is -0.480 e. The van der Waals surface area contributed by atoms with Gasteiger partial charge in [-0.3, -0.25) is 14.5 Å². The van der Waals surface area contributed by atoms with Crippen molar-refractivity contribution in [3.63, 3.8) is 0 Å². The van der Waals surface area contributed by atoms with Crippen LogP contribution in [-0.4, -0.2) is 59.5 Å². The van der Waals surface area contributed by atoms with Crippen molar-refractivity contribution in [2.24, 2.45) is 0 Å². The van der Waals surface area contributed by atoms with E-state index in [-0.39, 0.29) is 12.5 Å². The third-order valence-corrected chi connectivity index (χ3v) is 3.77. The minimum absolute atomic E-state index is 0.0616. The van der Waals surface area contributed by atoms with Gasteiger partial charge in [-0.2, -0.15) is 0 Å². The van der Waals surface area contributed by atoms with Crippen molar-refractivity contribution in [2.45, 2.75) is 19.3 Å². The molecule has 1 amide bonds. The van der Waals surface area contributed by atoms with Crippen LogP contribution in [0, 0.1) is 0 Å². The first kappa shape index (κ1) is 15.5. The summed E-state index contributed by atoms with van der Waals surface area (Å²) in [7, 11) is 0. The molecule has 1 aliphatic rings. The van der Waals surface area contributed by atoms with Gasteiger partial charge in [-0.15, -0.1) is 0 Å². The molecule has 0 atom stereocenters. The molecule has 1 saturated heterocycles. The van der Waals surface area contributed by atoms with Crippen molar-refractivity contribution in [2.75, 3.05) is 32.7 Å². The molecule has 0 aliphatic carbocycles. The second kappa shape index (κ2) is 7.78. The molecule has 114 valence electrons. The fourth-order valence-corrected chi connectivity index (χ4v) is 2.62. The summed E-state index contributed by atoms with van der Waals surface area (Å²) in [6.07, 6.45) is 2.11. The molecule has 0 radical (unpaired) electrons. The lowest BCUT2D eigenvalue weighted by atomic mass is 10.1. The Morgan fingerprint density at radius 1 is 1.05 bits per heavy atom. The predicted octanol–water partition coefficient (Wildman–Crippen LogP) is 1.24. The lowest BCUT2D eigenvalue weighted by Gasteiger charge is -2.21. The van der Waals surface area contributed by atoms with Gasteiger partial charge in [0.1, 0.15) is 0 Å². The zero-order chi connectivity index (χ0) is 15.1. The zero-order valence-electron chi connectivity index (χ0n) is 12.2. The molecule has 1 fully saturated rings. The average Bonchev–Trinajstić information content (AvgIpc) is 2.71. The summed E-state index contributed by atoms with van der Waals surface area (Å²) in [6, 6.07) is 10.00. The summed E-state index contributed by atoms with van der Waals surface area (Å²) in [5.74, 6) is -0.644. The maximum Gasteiger partial charge on any atom is 0.317 e. The Morgan fingerprint density at radius 2 is 1.81 bits per heavy atom. The fourth-order valence-electron chi connectivity index (χ4n) is 2.62. The van der Waals surface area contributed by atoms with Crippen LogP contribution in [0.15, 0.2) is 30.3 Å². The van der Waals surface area contributed by atoms with Crippen molar-refractivity contribution in [3.8, 4) is 0 Å². The molecule has 0 aromatic heterocycles. The molecular weight excluding hydrogens is 268 g/mol. The fraction of sp³-hybridized carbons (Fsp3) is 0.500. The smallest absolute Gasteiger partial charge is 0.317 e. The minimum atomic E-state index is -0.807. The first-order valence-corrected chi connectivity index (χ1v) is 7.41. The van der Waals surface area contributed by atoms with E-state index in [9.17, 15) is 9.59 Å². The van der Waals surface area contributed by atoms with Gasteiger partial charge in [0.2, 0.25) is 5.91 Å². The topological polar surface area (TPSA) is 60.9 Å². The van der Waals surface area contributed by atoms with Crippen molar-refractivity contribution in [3.05, 3.63) is 35.9 Å². The van der Waals surface area contributed by atoms with Crippen molar-refractivity contribution in [1.29, 1.82) is 0 Å². The van der Waals surface area contributed by atoms with E-state index in [1.807, 2.05) is 40.1 Å². The lowest BCUT2D eigenvalue weighted by molar-refractivity contribution is -0.138. The Labute approximate surface area is 125 Å². The molecular formula is C16H22N2O3. The summed E-state index contributed by atoms with van der Waals surface area (Å²) in [4.78, 5) is 26.7. The second-order valence-corrected chi connectivity index (χ2v) is 5.39. The standard InChI is InChI=1S/C16H22N2O3/c19-15(8-7-14-5-2-1-3-6-14)18-10-4-9-17(11-12-18)13-16(20)21/h1-3,5-6H,4,7-13H2,(H,20,21). The number of carbonyl (C=O) groups excluding carboxylic acids is 1. The molecule has 21 heavy (non-hydrogen) atoms. The van der Waals surface area contributed by atoms with Gasteiger partial charge in [0.25, 0.3) is 0 Å². The maximum atomic E-state index is 12.2. The molecule has 2 rings (SSSR count). The summed E-state index contributed by atoms with van der Waals surface area (Å²) in [5, 5.41) is 8.82. The van der Waals surface area contributed by atoms with Gasteiger partial charge in [0.05, 0.1) is 6.54 Å². The molecule has 5 nitrogen and oxygen atoms in total. The number of carboxylic acids is 1. The number of hydrogen-bond donors (Lipinski definition) is 1. The van der Waals surface area contributed by atoms with E-state index in [1.165, 1.54) is 5.56 Å². The van der Waals surface area contributed by atoms with Crippen molar-refractivity contribution >= 4 is 11.9 Å². The van der Waals surface area contributed by atoms with Gasteiger partial charge in [-0.05, 0) is 18.4 Å². The molecule has 0 spiro atoms. The van der Waals surface area contributed by atoms with Crippen LogP contribution < -0.4 is 0 Å². The Balaban J connectivity index is 1.79. The number of carboxylic acid groups (broad SMARTS) is 1. The van der Waals surface area contributed by atoms with E-state index in [1.54, 1.807) is 0 Å². The first-order chi connectivity index (χ1) is 10.1. The van der Waals surface area contributed by atoms with E-state index in [2.05, 4.69) is 0 Å². The number of amides is 1. The number of aryl methyl sites for hydroxylation is 1. The number of rotatable bonds is 5. The van der Waals surface area contributed by atoms with Gasteiger partial charge in [-0.25, -0.2) is 0 Å². The van der Waals surface area contributed by atoms with Gasteiger partial charge in [-0.1, -0.05) is 30.3 Å². The summed E-state index contributed by atoms with van der Waals surface area (Å²) in [5.41, 5.74) is 1.17. The van der Waals surface area contributed by atoms with Gasteiger partial charge >= 0.3 is 5.97 Å². The Morgan fingerprint density at radius 3 is 2.52 bits per heavy atom. The van der Waals surface area contributed by atoms with Gasteiger partial charge in [0, 0.05) is 32.6 Å². The van der Waals surface area contributed by atoms with E-state index in [0.29, 0.717) is 19.5 Å². The molecule has 1 aromatic carbocycles. The SMILES string of the molecule is O=C(O)CN1CCCN(C(=O)CCc2ccccc2)CC1. The molecule has 0 bridgehead atoms. The Hall–Kier alpha value is -1.88. The van der Waals surface area contributed by atoms with Crippen LogP contribution >= 0.6 is 0 Å². The van der Waals surface area contributed by atoms with Crippen LogP contribution in [0.3, 0.4) is 0 Å². The number of aliphatic carboxylic acids is 1. The monoisotopic (exact) mass is 290 g/mol. The predicted molar refractivity (Wildman–Crippen MR) is 80.0 cm³/mol. The number of carbonyl (C=O) groups is 2. The van der Waals surface area contributed by atoms with E-state index in [4.69, 9.17) is 5.11 Å². The van der Waals surface area contributed by atoms with Crippen molar-refractivity contribution < 1.29 is 14.7 Å². The highest BCUT2D eigenvalue weighted by Gasteiger charge is 2.19. The first-order valence-electron chi connectivity index (χ1n) is 7.41. The average molecular weight is 290 g/mol. The quantitative estimate of drug-likeness (QED) is 0.886. The van der Waals surface area contributed by atoms with Crippen LogP contribution in [0.5, 0.6) is 0 Å². The van der Waals surface area contributed by atoms with Crippen LogP contribution in [0.2, 0.25) is 0 Å². The Kier molecular flexibility index (Phi) is 5.75. The van der Waals surface area contributed by atoms with Crippen LogP contribution in [0.25, 0.3) is 0 Å². The summed E-state index contributed by atoms with van der Waals surface area (Å²) in [6.45, 7) is 2.80. The number of benzene rings is 1. The summed E-state index contributed by atoms with van der Waals surface area (Å²) >= 11 is 0. The van der Waals surface area contributed by atoms with Crippen LogP contribution in [0.4, 0.5) is 0 Å². The molecule has 0 saturated carbocycles. The van der Waals surface area contributed by atoms with Crippen LogP contribution in [0.1, 0.15) is 18.4 Å².